The lowest BCUT2D eigenvalue weighted by molar-refractivity contribution is 0.0527. The number of likely N-dealkylation sites (N-methyl/N-ethyl adjacent to an activating group) is 1. The number of pyridine rings is 1. The smallest absolute Gasteiger partial charge is 0.407 e. The molecule has 2 N–H and O–H groups in total. The van der Waals surface area contributed by atoms with E-state index in [-0.39, 0.29) is 12.1 Å². The van der Waals surface area contributed by atoms with Crippen molar-refractivity contribution >= 4 is 55.4 Å². The van der Waals surface area contributed by atoms with Gasteiger partial charge in [0.2, 0.25) is 11.4 Å². The molecule has 5 rings (SSSR count). The fourth-order valence-corrected chi connectivity index (χ4v) is 5.95. The molecule has 0 aliphatic carbocycles. The first-order chi connectivity index (χ1) is 19.1. The average Bonchev–Trinajstić information content (AvgIpc) is 3.14. The number of para-hydroxylation sites is 1. The highest BCUT2D eigenvalue weighted by atomic mass is 32.1. The number of thiazole rings is 1. The number of nitrogens with zero attached hydrogens (tertiary/aromatic N) is 5. The van der Waals surface area contributed by atoms with Crippen LogP contribution in [0.3, 0.4) is 0 Å². The Hall–Kier alpha value is -3.77. The number of nitrogens with one attached hydrogen (secondary N) is 2. The minimum Gasteiger partial charge on any atom is -0.444 e. The van der Waals surface area contributed by atoms with E-state index in [0.717, 1.165) is 42.8 Å². The van der Waals surface area contributed by atoms with Gasteiger partial charge in [-0.1, -0.05) is 12.1 Å². The summed E-state index contributed by atoms with van der Waals surface area (Å²) in [5, 5.41) is 5.82. The quantitative estimate of drug-likeness (QED) is 0.342. The minimum atomic E-state index is -0.583. The third-order valence-corrected chi connectivity index (χ3v) is 7.85. The molecule has 1 aromatic carbocycles. The van der Waals surface area contributed by atoms with Gasteiger partial charge in [-0.3, -0.25) is 14.0 Å². The maximum absolute atomic E-state index is 13.7. The molecule has 1 saturated heterocycles. The van der Waals surface area contributed by atoms with Crippen molar-refractivity contribution in [3.05, 3.63) is 46.2 Å². The summed E-state index contributed by atoms with van der Waals surface area (Å²) in [5.41, 5.74) is 0.469. The van der Waals surface area contributed by atoms with Crippen molar-refractivity contribution in [2.75, 3.05) is 51.2 Å². The normalized spacial score (nSPS) is 14.9. The predicted octanol–water partition coefficient (Wildman–Crippen LogP) is 3.24. The molecular formula is C28H35N7O4S. The minimum absolute atomic E-state index is 0.0709. The summed E-state index contributed by atoms with van der Waals surface area (Å²) >= 11 is 1.39. The number of hydrogen-bond donors (Lipinski definition) is 2. The Morgan fingerprint density at radius 2 is 1.85 bits per heavy atom. The van der Waals surface area contributed by atoms with Gasteiger partial charge in [0.15, 0.2) is 5.65 Å². The predicted molar refractivity (Wildman–Crippen MR) is 158 cm³/mol. The number of aromatic nitrogens is 3. The Labute approximate surface area is 236 Å². The number of hydrogen-bond acceptors (Lipinski definition) is 9. The van der Waals surface area contributed by atoms with Crippen molar-refractivity contribution in [3.63, 3.8) is 0 Å². The van der Waals surface area contributed by atoms with Gasteiger partial charge in [-0.2, -0.15) is 4.98 Å². The second-order valence-electron chi connectivity index (χ2n) is 11.0. The number of amides is 2. The van der Waals surface area contributed by atoms with E-state index >= 15 is 0 Å². The summed E-state index contributed by atoms with van der Waals surface area (Å²) in [4.78, 5) is 53.4. The number of fused-ring (bicyclic) bond motifs is 5. The second kappa shape index (κ2) is 11.4. The molecule has 11 nitrogen and oxygen atoms in total. The zero-order valence-corrected chi connectivity index (χ0v) is 24.1. The third-order valence-electron chi connectivity index (χ3n) is 6.71. The van der Waals surface area contributed by atoms with Crippen molar-refractivity contribution in [1.29, 1.82) is 0 Å². The highest BCUT2D eigenvalue weighted by Crippen LogP contribution is 2.31. The number of benzene rings is 1. The van der Waals surface area contributed by atoms with Gasteiger partial charge in [-0.05, 0) is 59.3 Å². The number of rotatable bonds is 6. The van der Waals surface area contributed by atoms with Crippen LogP contribution in [0.25, 0.3) is 26.1 Å². The van der Waals surface area contributed by atoms with Crippen LogP contribution < -0.4 is 21.0 Å². The average molecular weight is 566 g/mol. The monoisotopic (exact) mass is 565 g/mol. The SMILES string of the molecule is CN1CCCN(c2ncc3c(=O)c(C(=O)NCCCNC(=O)OC(C)(C)C)c4sc5ccccc5n4c3n2)CC1. The fraction of sp³-hybridized carbons (Fsp3) is 0.464. The van der Waals surface area contributed by atoms with Crippen LogP contribution in [0.4, 0.5) is 10.7 Å². The molecule has 2 amide bonds. The molecule has 0 spiro atoms. The number of anilines is 1. The lowest BCUT2D eigenvalue weighted by Crippen LogP contribution is -2.35. The molecule has 1 aliphatic heterocycles. The first kappa shape index (κ1) is 27.8. The lowest BCUT2D eigenvalue weighted by Gasteiger charge is -2.20. The Balaban J connectivity index is 1.45. The molecule has 1 aliphatic rings. The van der Waals surface area contributed by atoms with E-state index in [0.29, 0.717) is 34.8 Å². The standard InChI is InChI=1S/C28H35N7O4S/c1-28(2,3)39-27(38)30-12-7-11-29-24(37)21-22(36)18-17-31-26(34-14-8-13-33(4)15-16-34)32-23(18)35-19-9-5-6-10-20(19)40-25(21)35/h5-6,9-10,17H,7-8,11-16H2,1-4H3,(H,29,37)(H,30,38). The van der Waals surface area contributed by atoms with Crippen LogP contribution in [0.1, 0.15) is 44.0 Å². The first-order valence-corrected chi connectivity index (χ1v) is 14.4. The summed E-state index contributed by atoms with van der Waals surface area (Å²) in [6, 6.07) is 7.81. The molecule has 1 fully saturated rings. The second-order valence-corrected chi connectivity index (χ2v) is 12.0. The van der Waals surface area contributed by atoms with Crippen molar-refractivity contribution in [2.45, 2.75) is 39.2 Å². The third kappa shape index (κ3) is 5.87. The van der Waals surface area contributed by atoms with Crippen LogP contribution in [0.15, 0.2) is 35.3 Å². The van der Waals surface area contributed by atoms with Crippen LogP contribution >= 0.6 is 11.3 Å². The van der Waals surface area contributed by atoms with E-state index in [4.69, 9.17) is 9.72 Å². The summed E-state index contributed by atoms with van der Waals surface area (Å²) < 4.78 is 8.08. The molecule has 0 unspecified atom stereocenters. The van der Waals surface area contributed by atoms with E-state index < -0.39 is 23.0 Å². The molecule has 0 saturated carbocycles. The zero-order valence-electron chi connectivity index (χ0n) is 23.3. The molecule has 4 heterocycles. The molecular weight excluding hydrogens is 530 g/mol. The summed E-state index contributed by atoms with van der Waals surface area (Å²) in [6.45, 7) is 9.54. The van der Waals surface area contributed by atoms with E-state index in [2.05, 4.69) is 32.5 Å². The van der Waals surface area contributed by atoms with Crippen molar-refractivity contribution in [1.82, 2.24) is 29.9 Å². The summed E-state index contributed by atoms with van der Waals surface area (Å²) in [6.07, 6.45) is 2.52. The molecule has 12 heteroatoms. The van der Waals surface area contributed by atoms with Gasteiger partial charge >= 0.3 is 6.09 Å². The molecule has 0 radical (unpaired) electrons. The van der Waals surface area contributed by atoms with Gasteiger partial charge in [-0.15, -0.1) is 11.3 Å². The molecule has 0 atom stereocenters. The van der Waals surface area contributed by atoms with Crippen molar-refractivity contribution < 1.29 is 14.3 Å². The molecule has 3 aromatic heterocycles. The van der Waals surface area contributed by atoms with Crippen LogP contribution in [0.2, 0.25) is 0 Å². The van der Waals surface area contributed by atoms with E-state index in [1.807, 2.05) is 28.7 Å². The Kier molecular flexibility index (Phi) is 7.90. The molecule has 40 heavy (non-hydrogen) atoms. The van der Waals surface area contributed by atoms with Gasteiger partial charge in [0.05, 0.1) is 15.6 Å². The topological polar surface area (TPSA) is 121 Å². The molecule has 212 valence electrons. The molecule has 4 aromatic rings. The van der Waals surface area contributed by atoms with Crippen LogP contribution in [0, 0.1) is 0 Å². The van der Waals surface area contributed by atoms with Crippen molar-refractivity contribution in [2.24, 2.45) is 0 Å². The van der Waals surface area contributed by atoms with E-state index in [9.17, 15) is 14.4 Å². The van der Waals surface area contributed by atoms with Crippen LogP contribution in [-0.2, 0) is 4.74 Å². The maximum atomic E-state index is 13.7. The largest absolute Gasteiger partial charge is 0.444 e. The highest BCUT2D eigenvalue weighted by Gasteiger charge is 2.24. The summed E-state index contributed by atoms with van der Waals surface area (Å²) in [5.74, 6) is 0.119. The van der Waals surface area contributed by atoms with Crippen LogP contribution in [0.5, 0.6) is 0 Å². The lowest BCUT2D eigenvalue weighted by atomic mass is 10.2. The Bertz CT molecular complexity index is 1620. The van der Waals surface area contributed by atoms with E-state index in [1.165, 1.54) is 11.3 Å². The Morgan fingerprint density at radius 1 is 1.07 bits per heavy atom. The maximum Gasteiger partial charge on any atom is 0.407 e. The molecule has 0 bridgehead atoms. The highest BCUT2D eigenvalue weighted by molar-refractivity contribution is 7.24. The Morgan fingerprint density at radius 3 is 2.65 bits per heavy atom. The zero-order chi connectivity index (χ0) is 28.4. The van der Waals surface area contributed by atoms with E-state index in [1.54, 1.807) is 27.0 Å². The number of alkyl carbamates (subject to hydrolysis) is 1. The number of ether oxygens (including phenoxy) is 1. The van der Waals surface area contributed by atoms with Gasteiger partial charge in [-0.25, -0.2) is 9.78 Å². The van der Waals surface area contributed by atoms with Gasteiger partial charge in [0.1, 0.15) is 16.0 Å². The van der Waals surface area contributed by atoms with Gasteiger partial charge < -0.3 is 25.2 Å². The fourth-order valence-electron chi connectivity index (χ4n) is 4.77. The number of carbonyl (C=O) groups is 2. The van der Waals surface area contributed by atoms with Crippen LogP contribution in [-0.4, -0.2) is 83.2 Å². The summed E-state index contributed by atoms with van der Waals surface area (Å²) in [7, 11) is 2.11. The van der Waals surface area contributed by atoms with Crippen molar-refractivity contribution in [3.8, 4) is 0 Å². The van der Waals surface area contributed by atoms with Gasteiger partial charge in [0, 0.05) is 38.9 Å². The van der Waals surface area contributed by atoms with Gasteiger partial charge in [0.25, 0.3) is 5.91 Å². The number of carbonyl (C=O) groups excluding carboxylic acids is 2. The first-order valence-electron chi connectivity index (χ1n) is 13.5.